The Morgan fingerprint density at radius 1 is 1.20 bits per heavy atom. The zero-order valence-electron chi connectivity index (χ0n) is 13.5. The molecule has 0 spiro atoms. The van der Waals surface area contributed by atoms with Gasteiger partial charge in [0.2, 0.25) is 0 Å². The highest BCUT2D eigenvalue weighted by molar-refractivity contribution is 6.33. The summed E-state index contributed by atoms with van der Waals surface area (Å²) < 4.78 is 5.14. The second-order valence-electron chi connectivity index (χ2n) is 5.20. The first-order valence-corrected chi connectivity index (χ1v) is 7.66. The molecule has 1 atom stereocenters. The van der Waals surface area contributed by atoms with Crippen molar-refractivity contribution in [3.8, 4) is 0 Å². The minimum atomic E-state index is -1.05. The molecule has 0 saturated heterocycles. The van der Waals surface area contributed by atoms with Gasteiger partial charge in [0, 0.05) is 24.9 Å². The molecule has 0 aliphatic heterocycles. The van der Waals surface area contributed by atoms with Gasteiger partial charge in [-0.1, -0.05) is 29.8 Å². The van der Waals surface area contributed by atoms with Crippen molar-refractivity contribution >= 4 is 34.9 Å². The number of ether oxygens (including phenoxy) is 1. The molecule has 0 saturated carbocycles. The van der Waals surface area contributed by atoms with Gasteiger partial charge in [-0.15, -0.1) is 0 Å². The number of nitro benzene ring substituents is 1. The third-order valence-electron chi connectivity index (χ3n) is 3.49. The normalized spacial score (nSPS) is 11.5. The lowest BCUT2D eigenvalue weighted by Gasteiger charge is -2.21. The van der Waals surface area contributed by atoms with Crippen LogP contribution < -0.4 is 4.90 Å². The van der Waals surface area contributed by atoms with Gasteiger partial charge in [0.15, 0.2) is 6.10 Å². The molecule has 0 N–H and O–H groups in total. The van der Waals surface area contributed by atoms with E-state index < -0.39 is 22.9 Å². The van der Waals surface area contributed by atoms with Gasteiger partial charge in [-0.2, -0.15) is 0 Å². The Hall–Kier alpha value is -2.93. The standard InChI is InChI=1S/C17H15ClN2O5/c1-11(16(21)19(2)12-6-4-3-5-7-12)25-17(22)14-9-8-13(20(23)24)10-15(14)18/h3-11H,1-2H3/t11-/m0/s1. The Balaban J connectivity index is 2.09. The smallest absolute Gasteiger partial charge is 0.340 e. The summed E-state index contributed by atoms with van der Waals surface area (Å²) in [5, 5.41) is 10.6. The molecule has 0 unspecified atom stereocenters. The third kappa shape index (κ3) is 4.33. The average molecular weight is 363 g/mol. The molecule has 0 aliphatic rings. The molecule has 0 heterocycles. The number of hydrogen-bond acceptors (Lipinski definition) is 5. The van der Waals surface area contributed by atoms with Gasteiger partial charge in [0.05, 0.1) is 15.5 Å². The number of anilines is 1. The second kappa shape index (κ2) is 7.76. The largest absolute Gasteiger partial charge is 0.449 e. The summed E-state index contributed by atoms with van der Waals surface area (Å²) in [7, 11) is 1.57. The van der Waals surface area contributed by atoms with E-state index in [1.807, 2.05) is 6.07 Å². The van der Waals surface area contributed by atoms with E-state index in [0.29, 0.717) is 5.69 Å². The van der Waals surface area contributed by atoms with E-state index in [4.69, 9.17) is 16.3 Å². The van der Waals surface area contributed by atoms with Gasteiger partial charge in [0.1, 0.15) is 0 Å². The molecule has 0 aliphatic carbocycles. The molecule has 130 valence electrons. The van der Waals surface area contributed by atoms with Gasteiger partial charge in [-0.25, -0.2) is 4.79 Å². The van der Waals surface area contributed by atoms with Crippen molar-refractivity contribution in [1.82, 2.24) is 0 Å². The molecule has 0 fully saturated rings. The van der Waals surface area contributed by atoms with Gasteiger partial charge in [0.25, 0.3) is 11.6 Å². The Morgan fingerprint density at radius 2 is 1.84 bits per heavy atom. The first-order chi connectivity index (χ1) is 11.8. The fraction of sp³-hybridized carbons (Fsp3) is 0.176. The van der Waals surface area contributed by atoms with Crippen LogP contribution in [0.5, 0.6) is 0 Å². The number of para-hydroxylation sites is 1. The highest BCUT2D eigenvalue weighted by Gasteiger charge is 2.24. The minimum Gasteiger partial charge on any atom is -0.449 e. The van der Waals surface area contributed by atoms with Crippen molar-refractivity contribution in [3.05, 3.63) is 69.2 Å². The predicted molar refractivity (Wildman–Crippen MR) is 92.8 cm³/mol. The van der Waals surface area contributed by atoms with E-state index in [0.717, 1.165) is 12.1 Å². The number of esters is 1. The number of amides is 1. The first kappa shape index (κ1) is 18.4. The molecule has 2 aromatic rings. The number of hydrogen-bond donors (Lipinski definition) is 0. The number of carbonyl (C=O) groups excluding carboxylic acids is 2. The summed E-state index contributed by atoms with van der Waals surface area (Å²) >= 11 is 5.89. The molecular weight excluding hydrogens is 348 g/mol. The number of halogens is 1. The maximum absolute atomic E-state index is 12.4. The van der Waals surface area contributed by atoms with E-state index in [-0.39, 0.29) is 16.3 Å². The molecule has 0 bridgehead atoms. The van der Waals surface area contributed by atoms with Crippen LogP contribution in [0.15, 0.2) is 48.5 Å². The van der Waals surface area contributed by atoms with Crippen molar-refractivity contribution in [2.24, 2.45) is 0 Å². The summed E-state index contributed by atoms with van der Waals surface area (Å²) in [6.45, 7) is 1.44. The highest BCUT2D eigenvalue weighted by atomic mass is 35.5. The second-order valence-corrected chi connectivity index (χ2v) is 5.61. The number of rotatable bonds is 5. The van der Waals surface area contributed by atoms with Crippen LogP contribution in [0.2, 0.25) is 5.02 Å². The monoisotopic (exact) mass is 362 g/mol. The summed E-state index contributed by atoms with van der Waals surface area (Å²) in [6.07, 6.45) is -1.05. The van der Waals surface area contributed by atoms with Crippen molar-refractivity contribution in [1.29, 1.82) is 0 Å². The van der Waals surface area contributed by atoms with E-state index in [2.05, 4.69) is 0 Å². The first-order valence-electron chi connectivity index (χ1n) is 7.28. The van der Waals surface area contributed by atoms with Crippen LogP contribution >= 0.6 is 11.6 Å². The van der Waals surface area contributed by atoms with Crippen molar-refractivity contribution < 1.29 is 19.2 Å². The molecule has 2 rings (SSSR count). The Kier molecular flexibility index (Phi) is 5.71. The molecule has 0 radical (unpaired) electrons. The molecule has 2 aromatic carbocycles. The third-order valence-corrected chi connectivity index (χ3v) is 3.80. The number of carbonyl (C=O) groups is 2. The maximum atomic E-state index is 12.4. The number of benzene rings is 2. The van der Waals surface area contributed by atoms with Crippen molar-refractivity contribution in [2.75, 3.05) is 11.9 Å². The Labute approximate surface area is 148 Å². The number of non-ortho nitro benzene ring substituents is 1. The molecule has 1 amide bonds. The Morgan fingerprint density at radius 3 is 2.40 bits per heavy atom. The van der Waals surface area contributed by atoms with Crippen LogP contribution in [0.1, 0.15) is 17.3 Å². The fourth-order valence-corrected chi connectivity index (χ4v) is 2.36. The lowest BCUT2D eigenvalue weighted by Crippen LogP contribution is -2.37. The van der Waals surface area contributed by atoms with Crippen LogP contribution in [-0.4, -0.2) is 30.0 Å². The minimum absolute atomic E-state index is 0.0470. The van der Waals surface area contributed by atoms with Crippen LogP contribution in [-0.2, 0) is 9.53 Å². The molecule has 25 heavy (non-hydrogen) atoms. The van der Waals surface area contributed by atoms with Crippen LogP contribution in [0.25, 0.3) is 0 Å². The van der Waals surface area contributed by atoms with E-state index in [1.165, 1.54) is 17.9 Å². The van der Waals surface area contributed by atoms with E-state index in [1.54, 1.807) is 31.3 Å². The Bertz CT molecular complexity index is 810. The lowest BCUT2D eigenvalue weighted by atomic mass is 10.2. The number of nitro groups is 1. The fourth-order valence-electron chi connectivity index (χ4n) is 2.11. The van der Waals surface area contributed by atoms with Gasteiger partial charge >= 0.3 is 5.97 Å². The number of likely N-dealkylation sites (N-methyl/N-ethyl adjacent to an activating group) is 1. The molecule has 0 aromatic heterocycles. The quantitative estimate of drug-likeness (QED) is 0.461. The van der Waals surface area contributed by atoms with Crippen LogP contribution in [0.4, 0.5) is 11.4 Å². The van der Waals surface area contributed by atoms with Crippen LogP contribution in [0.3, 0.4) is 0 Å². The predicted octanol–water partition coefficient (Wildman–Crippen LogP) is 3.46. The van der Waals surface area contributed by atoms with Crippen molar-refractivity contribution in [2.45, 2.75) is 13.0 Å². The zero-order valence-corrected chi connectivity index (χ0v) is 14.3. The maximum Gasteiger partial charge on any atom is 0.340 e. The summed E-state index contributed by atoms with van der Waals surface area (Å²) in [4.78, 5) is 36.0. The topological polar surface area (TPSA) is 89.7 Å². The average Bonchev–Trinajstić information content (AvgIpc) is 2.60. The van der Waals surface area contributed by atoms with E-state index in [9.17, 15) is 19.7 Å². The van der Waals surface area contributed by atoms with Gasteiger partial charge in [-0.05, 0) is 25.1 Å². The van der Waals surface area contributed by atoms with Crippen LogP contribution in [0, 0.1) is 10.1 Å². The molecular formula is C17H15ClN2O5. The van der Waals surface area contributed by atoms with Crippen molar-refractivity contribution in [3.63, 3.8) is 0 Å². The SMILES string of the molecule is C[C@H](OC(=O)c1ccc([N+](=O)[O-])cc1Cl)C(=O)N(C)c1ccccc1. The summed E-state index contributed by atoms with van der Waals surface area (Å²) in [5.74, 6) is -1.25. The molecule has 7 nitrogen and oxygen atoms in total. The van der Waals surface area contributed by atoms with Gasteiger partial charge < -0.3 is 9.64 Å². The van der Waals surface area contributed by atoms with E-state index >= 15 is 0 Å². The number of nitrogens with zero attached hydrogens (tertiary/aromatic N) is 2. The summed E-state index contributed by atoms with van der Waals surface area (Å²) in [6, 6.07) is 12.3. The highest BCUT2D eigenvalue weighted by Crippen LogP contribution is 2.23. The van der Waals surface area contributed by atoms with Gasteiger partial charge in [-0.3, -0.25) is 14.9 Å². The lowest BCUT2D eigenvalue weighted by molar-refractivity contribution is -0.384. The molecule has 8 heteroatoms. The zero-order chi connectivity index (χ0) is 18.6. The summed E-state index contributed by atoms with van der Waals surface area (Å²) in [5.41, 5.74) is 0.368.